The van der Waals surface area contributed by atoms with Crippen LogP contribution in [0.4, 0.5) is 5.13 Å². The average Bonchev–Trinajstić information content (AvgIpc) is 3.43. The number of benzene rings is 2. The number of thiazole rings is 1. The van der Waals surface area contributed by atoms with Gasteiger partial charge < -0.3 is 5.32 Å². The topological polar surface area (TPSA) is 85.6 Å². The predicted molar refractivity (Wildman–Crippen MR) is 115 cm³/mol. The van der Waals surface area contributed by atoms with Crippen LogP contribution in [-0.2, 0) is 4.79 Å². The fourth-order valence-corrected chi connectivity index (χ4v) is 4.33. The lowest BCUT2D eigenvalue weighted by Crippen LogP contribution is -2.25. The predicted octanol–water partition coefficient (Wildman–Crippen LogP) is 4.30. The van der Waals surface area contributed by atoms with Crippen LogP contribution in [0.1, 0.15) is 13.3 Å². The van der Waals surface area contributed by atoms with Gasteiger partial charge in [0.1, 0.15) is 0 Å². The Bertz CT molecular complexity index is 1080. The van der Waals surface area contributed by atoms with Gasteiger partial charge in [-0.1, -0.05) is 67.2 Å². The number of amides is 1. The number of anilines is 1. The monoisotopic (exact) mass is 422 g/mol. The molecular weight excluding hydrogens is 404 g/mol. The number of rotatable bonds is 7. The molecule has 0 saturated heterocycles. The Morgan fingerprint density at radius 2 is 1.86 bits per heavy atom. The Morgan fingerprint density at radius 1 is 1.14 bits per heavy atom. The lowest BCUT2D eigenvalue weighted by molar-refractivity contribution is -0.115. The molecule has 2 aromatic heterocycles. The van der Waals surface area contributed by atoms with E-state index in [2.05, 4.69) is 25.8 Å². The minimum atomic E-state index is -0.340. The highest BCUT2D eigenvalue weighted by molar-refractivity contribution is 8.00. The Balaban J connectivity index is 1.46. The SMILES string of the molecule is CC[C@H](Sc1nnnn1-c1ccccc1)C(=O)Nc1nc(-c2ccccc2)cs1. The third-order valence-electron chi connectivity index (χ3n) is 4.16. The maximum Gasteiger partial charge on any atom is 0.239 e. The molecule has 0 spiro atoms. The van der Waals surface area contributed by atoms with Crippen LogP contribution in [-0.4, -0.2) is 36.3 Å². The van der Waals surface area contributed by atoms with Gasteiger partial charge in [0.05, 0.1) is 16.6 Å². The van der Waals surface area contributed by atoms with Gasteiger partial charge >= 0.3 is 0 Å². The number of nitrogens with one attached hydrogen (secondary N) is 1. The standard InChI is InChI=1S/C20H18N6OS2/c1-2-17(29-20-23-24-25-26(20)15-11-7-4-8-12-15)18(27)22-19-21-16(13-28-19)14-9-5-3-6-10-14/h3-13,17H,2H2,1H3,(H,21,22,27)/t17-/m0/s1. The molecule has 0 aliphatic rings. The van der Waals surface area contributed by atoms with Crippen LogP contribution in [0.2, 0.25) is 0 Å². The molecule has 0 radical (unpaired) electrons. The average molecular weight is 423 g/mol. The number of para-hydroxylation sites is 1. The smallest absolute Gasteiger partial charge is 0.239 e. The Kier molecular flexibility index (Phi) is 5.97. The van der Waals surface area contributed by atoms with Crippen molar-refractivity contribution in [2.75, 3.05) is 5.32 Å². The highest BCUT2D eigenvalue weighted by Gasteiger charge is 2.23. The van der Waals surface area contributed by atoms with Gasteiger partial charge in [0.25, 0.3) is 0 Å². The van der Waals surface area contributed by atoms with E-state index in [1.165, 1.54) is 23.1 Å². The summed E-state index contributed by atoms with van der Waals surface area (Å²) in [6.45, 7) is 1.96. The van der Waals surface area contributed by atoms with Gasteiger partial charge in [-0.15, -0.1) is 16.4 Å². The molecule has 29 heavy (non-hydrogen) atoms. The van der Waals surface area contributed by atoms with Crippen molar-refractivity contribution in [2.45, 2.75) is 23.8 Å². The van der Waals surface area contributed by atoms with E-state index in [4.69, 9.17) is 0 Å². The summed E-state index contributed by atoms with van der Waals surface area (Å²) in [5, 5.41) is 17.6. The molecule has 1 N–H and O–H groups in total. The number of nitrogens with zero attached hydrogens (tertiary/aromatic N) is 5. The first-order valence-electron chi connectivity index (χ1n) is 9.07. The van der Waals surface area contributed by atoms with E-state index >= 15 is 0 Å². The minimum absolute atomic E-state index is 0.117. The van der Waals surface area contributed by atoms with Crippen LogP contribution < -0.4 is 5.32 Å². The molecule has 0 fully saturated rings. The molecule has 146 valence electrons. The van der Waals surface area contributed by atoms with Crippen LogP contribution in [0.5, 0.6) is 0 Å². The van der Waals surface area contributed by atoms with Gasteiger partial charge in [0, 0.05) is 10.9 Å². The Hall–Kier alpha value is -3.04. The Labute approximate surface area is 176 Å². The van der Waals surface area contributed by atoms with E-state index in [-0.39, 0.29) is 11.2 Å². The molecule has 2 aromatic carbocycles. The molecular formula is C20H18N6OS2. The number of carbonyl (C=O) groups is 1. The molecule has 9 heteroatoms. The van der Waals surface area contributed by atoms with Crippen molar-refractivity contribution in [3.05, 3.63) is 66.0 Å². The molecule has 2 heterocycles. The summed E-state index contributed by atoms with van der Waals surface area (Å²) >= 11 is 2.75. The number of carbonyl (C=O) groups excluding carboxylic acids is 1. The third kappa shape index (κ3) is 4.52. The van der Waals surface area contributed by atoms with E-state index in [0.29, 0.717) is 16.7 Å². The molecule has 4 rings (SSSR count). The molecule has 0 bridgehead atoms. The van der Waals surface area contributed by atoms with Crippen molar-refractivity contribution in [1.29, 1.82) is 0 Å². The number of tetrazole rings is 1. The van der Waals surface area contributed by atoms with Crippen LogP contribution >= 0.6 is 23.1 Å². The van der Waals surface area contributed by atoms with Crippen molar-refractivity contribution in [2.24, 2.45) is 0 Å². The van der Waals surface area contributed by atoms with E-state index in [9.17, 15) is 4.79 Å². The van der Waals surface area contributed by atoms with Crippen LogP contribution in [0, 0.1) is 0 Å². The summed E-state index contributed by atoms with van der Waals surface area (Å²) in [6.07, 6.45) is 0.634. The van der Waals surface area contributed by atoms with Crippen molar-refractivity contribution in [3.8, 4) is 16.9 Å². The van der Waals surface area contributed by atoms with Crippen molar-refractivity contribution in [1.82, 2.24) is 25.2 Å². The highest BCUT2D eigenvalue weighted by atomic mass is 32.2. The van der Waals surface area contributed by atoms with Gasteiger partial charge in [-0.25, -0.2) is 4.98 Å². The molecule has 1 amide bonds. The minimum Gasteiger partial charge on any atom is -0.301 e. The number of hydrogen-bond acceptors (Lipinski definition) is 7. The molecule has 1 atom stereocenters. The van der Waals surface area contributed by atoms with E-state index in [0.717, 1.165) is 16.9 Å². The van der Waals surface area contributed by atoms with Gasteiger partial charge in [0.2, 0.25) is 11.1 Å². The van der Waals surface area contributed by atoms with Crippen molar-refractivity contribution < 1.29 is 4.79 Å². The maximum absolute atomic E-state index is 12.8. The molecule has 0 aliphatic heterocycles. The molecule has 0 aliphatic carbocycles. The second kappa shape index (κ2) is 8.97. The summed E-state index contributed by atoms with van der Waals surface area (Å²) in [6, 6.07) is 19.5. The summed E-state index contributed by atoms with van der Waals surface area (Å²) in [4.78, 5) is 17.4. The molecule has 0 saturated carbocycles. The fraction of sp³-hybridized carbons (Fsp3) is 0.150. The third-order valence-corrected chi connectivity index (χ3v) is 6.21. The first-order chi connectivity index (χ1) is 14.2. The lowest BCUT2D eigenvalue weighted by Gasteiger charge is -2.13. The van der Waals surface area contributed by atoms with E-state index in [1.807, 2.05) is 73.0 Å². The van der Waals surface area contributed by atoms with E-state index < -0.39 is 0 Å². The number of thioether (sulfide) groups is 1. The molecule has 7 nitrogen and oxygen atoms in total. The second-order valence-corrected chi connectivity index (χ2v) is 8.14. The summed E-state index contributed by atoms with van der Waals surface area (Å²) in [5.74, 6) is -0.117. The van der Waals surface area contributed by atoms with E-state index in [1.54, 1.807) is 4.68 Å². The highest BCUT2D eigenvalue weighted by Crippen LogP contribution is 2.28. The van der Waals surface area contributed by atoms with Gasteiger partial charge in [-0.3, -0.25) is 4.79 Å². The van der Waals surface area contributed by atoms with Crippen LogP contribution in [0.15, 0.2) is 71.2 Å². The zero-order valence-electron chi connectivity index (χ0n) is 15.6. The normalized spacial score (nSPS) is 11.9. The zero-order valence-corrected chi connectivity index (χ0v) is 17.2. The number of aromatic nitrogens is 5. The van der Waals surface area contributed by atoms with Gasteiger partial charge in [-0.2, -0.15) is 4.68 Å². The summed E-state index contributed by atoms with van der Waals surface area (Å²) in [5.41, 5.74) is 2.72. The van der Waals surface area contributed by atoms with Crippen LogP contribution in [0.25, 0.3) is 16.9 Å². The van der Waals surface area contributed by atoms with Crippen LogP contribution in [0.3, 0.4) is 0 Å². The summed E-state index contributed by atoms with van der Waals surface area (Å²) < 4.78 is 1.64. The lowest BCUT2D eigenvalue weighted by atomic mass is 10.2. The first kappa shape index (κ1) is 19.3. The van der Waals surface area contributed by atoms with Crippen molar-refractivity contribution in [3.63, 3.8) is 0 Å². The molecule has 4 aromatic rings. The number of hydrogen-bond donors (Lipinski definition) is 1. The Morgan fingerprint density at radius 3 is 2.59 bits per heavy atom. The van der Waals surface area contributed by atoms with Gasteiger partial charge in [0.15, 0.2) is 5.13 Å². The fourth-order valence-electron chi connectivity index (χ4n) is 2.69. The maximum atomic E-state index is 12.8. The zero-order chi connectivity index (χ0) is 20.1. The van der Waals surface area contributed by atoms with Gasteiger partial charge in [-0.05, 0) is 29.0 Å². The van der Waals surface area contributed by atoms with Crippen molar-refractivity contribution >= 4 is 34.1 Å². The largest absolute Gasteiger partial charge is 0.301 e. The first-order valence-corrected chi connectivity index (χ1v) is 10.8. The molecule has 0 unspecified atom stereocenters. The quantitative estimate of drug-likeness (QED) is 0.447. The summed E-state index contributed by atoms with van der Waals surface area (Å²) in [7, 11) is 0. The second-order valence-electron chi connectivity index (χ2n) is 6.12.